The van der Waals surface area contributed by atoms with Gasteiger partial charge in [0, 0.05) is 30.9 Å². The van der Waals surface area contributed by atoms with Crippen molar-refractivity contribution in [2.45, 2.75) is 56.7 Å². The Balaban J connectivity index is 1.48. The highest BCUT2D eigenvalue weighted by atomic mass is 32.2. The summed E-state index contributed by atoms with van der Waals surface area (Å²) in [6.07, 6.45) is 3.39. The van der Waals surface area contributed by atoms with Crippen molar-refractivity contribution < 1.29 is 27.5 Å². The van der Waals surface area contributed by atoms with Crippen LogP contribution in [0.3, 0.4) is 0 Å². The monoisotopic (exact) mass is 684 g/mol. The van der Waals surface area contributed by atoms with Gasteiger partial charge in [0.25, 0.3) is 0 Å². The van der Waals surface area contributed by atoms with E-state index in [9.17, 15) is 22.8 Å². The lowest BCUT2D eigenvalue weighted by Gasteiger charge is -2.23. The molecule has 0 saturated carbocycles. The summed E-state index contributed by atoms with van der Waals surface area (Å²) in [7, 11) is -3.98. The number of pyridine rings is 1. The van der Waals surface area contributed by atoms with Crippen LogP contribution in [-0.2, 0) is 54.5 Å². The van der Waals surface area contributed by atoms with Gasteiger partial charge >= 0.3 is 5.97 Å². The number of benzene rings is 3. The average molecular weight is 685 g/mol. The molecule has 12 nitrogen and oxygen atoms in total. The van der Waals surface area contributed by atoms with Crippen molar-refractivity contribution in [3.05, 3.63) is 137 Å². The van der Waals surface area contributed by atoms with E-state index in [0.717, 1.165) is 16.7 Å². The van der Waals surface area contributed by atoms with Crippen LogP contribution in [0, 0.1) is 5.41 Å². The maximum absolute atomic E-state index is 13.8. The summed E-state index contributed by atoms with van der Waals surface area (Å²) in [6, 6.07) is 25.6. The number of nitrogens with one attached hydrogen (secondary N) is 4. The van der Waals surface area contributed by atoms with Crippen LogP contribution in [0.15, 0.2) is 109 Å². The number of amides is 2. The number of nitrogen functional groups attached to an aromatic ring is 1. The lowest BCUT2D eigenvalue weighted by Crippen LogP contribution is -2.54. The molecule has 0 saturated heterocycles. The largest absolute Gasteiger partial charge is 0.461 e. The number of esters is 1. The Morgan fingerprint density at radius 3 is 2.02 bits per heavy atom. The predicted molar refractivity (Wildman–Crippen MR) is 185 cm³/mol. The number of hydrogen-bond donors (Lipinski definition) is 5. The van der Waals surface area contributed by atoms with Gasteiger partial charge in [0.2, 0.25) is 21.8 Å². The van der Waals surface area contributed by atoms with Crippen LogP contribution in [-0.4, -0.2) is 49.1 Å². The van der Waals surface area contributed by atoms with E-state index < -0.39 is 39.9 Å². The first-order valence-electron chi connectivity index (χ1n) is 15.7. The summed E-state index contributed by atoms with van der Waals surface area (Å²) in [5.41, 5.74) is 8.97. The maximum Gasteiger partial charge on any atom is 0.306 e. The van der Waals surface area contributed by atoms with Gasteiger partial charge in [-0.2, -0.15) is 0 Å². The second kappa shape index (κ2) is 18.2. The van der Waals surface area contributed by atoms with Crippen LogP contribution >= 0.6 is 0 Å². The molecule has 4 aromatic rings. The van der Waals surface area contributed by atoms with Crippen LogP contribution < -0.4 is 21.1 Å². The fraction of sp³-hybridized carbons (Fsp3) is 0.250. The van der Waals surface area contributed by atoms with Crippen molar-refractivity contribution in [2.24, 2.45) is 5.73 Å². The van der Waals surface area contributed by atoms with Crippen molar-refractivity contribution in [2.75, 3.05) is 0 Å². The van der Waals surface area contributed by atoms with Gasteiger partial charge in [-0.05, 0) is 53.6 Å². The molecule has 0 aliphatic carbocycles. The molecule has 6 N–H and O–H groups in total. The number of hydrogen-bond acceptors (Lipinski definition) is 8. The molecule has 4 rings (SSSR count). The minimum absolute atomic E-state index is 0.0550. The third-order valence-electron chi connectivity index (χ3n) is 7.55. The molecule has 0 radical (unpaired) electrons. The van der Waals surface area contributed by atoms with Crippen LogP contribution in [0.4, 0.5) is 0 Å². The molecule has 1 heterocycles. The van der Waals surface area contributed by atoms with E-state index in [-0.39, 0.29) is 44.0 Å². The normalized spacial score (nSPS) is 12.3. The van der Waals surface area contributed by atoms with Gasteiger partial charge in [-0.25, -0.2) is 13.1 Å². The average Bonchev–Trinajstić information content (AvgIpc) is 3.11. The second-order valence-corrected chi connectivity index (χ2v) is 13.1. The Kier molecular flexibility index (Phi) is 13.6. The summed E-state index contributed by atoms with van der Waals surface area (Å²) in [4.78, 5) is 43.9. The highest BCUT2D eigenvalue weighted by Gasteiger charge is 2.29. The number of nitrogens with zero attached hydrogens (tertiary/aromatic N) is 1. The van der Waals surface area contributed by atoms with Crippen molar-refractivity contribution in [3.8, 4) is 0 Å². The molecule has 1 aromatic heterocycles. The van der Waals surface area contributed by atoms with Gasteiger partial charge in [-0.3, -0.25) is 24.8 Å². The Morgan fingerprint density at radius 2 is 1.39 bits per heavy atom. The molecule has 0 fully saturated rings. The van der Waals surface area contributed by atoms with Crippen molar-refractivity contribution in [3.63, 3.8) is 0 Å². The molecule has 49 heavy (non-hydrogen) atoms. The van der Waals surface area contributed by atoms with Crippen molar-refractivity contribution in [1.29, 1.82) is 5.41 Å². The number of amidine groups is 1. The van der Waals surface area contributed by atoms with Gasteiger partial charge in [0.1, 0.15) is 24.5 Å². The van der Waals surface area contributed by atoms with E-state index in [2.05, 4.69) is 20.3 Å². The number of aromatic nitrogens is 1. The number of aryl methyl sites for hydroxylation is 1. The van der Waals surface area contributed by atoms with Gasteiger partial charge < -0.3 is 21.1 Å². The number of nitrogens with two attached hydrogens (primary N) is 1. The highest BCUT2D eigenvalue weighted by Crippen LogP contribution is 2.12. The third kappa shape index (κ3) is 12.6. The highest BCUT2D eigenvalue weighted by molar-refractivity contribution is 7.88. The zero-order valence-corrected chi connectivity index (χ0v) is 27.7. The number of rotatable bonds is 18. The number of carbonyl (C=O) groups excluding carboxylic acids is 3. The Bertz CT molecular complexity index is 1790. The first-order valence-corrected chi connectivity index (χ1v) is 17.4. The zero-order chi connectivity index (χ0) is 35.1. The topological polar surface area (TPSA) is 193 Å². The molecule has 0 bridgehead atoms. The molecule has 0 aliphatic rings. The first-order chi connectivity index (χ1) is 23.6. The second-order valence-electron chi connectivity index (χ2n) is 11.4. The third-order valence-corrected chi connectivity index (χ3v) is 8.91. The van der Waals surface area contributed by atoms with E-state index in [1.165, 1.54) is 0 Å². The van der Waals surface area contributed by atoms with E-state index in [1.807, 2.05) is 30.3 Å². The number of carbonyl (C=O) groups is 3. The lowest BCUT2D eigenvalue weighted by atomic mass is 10.0. The Morgan fingerprint density at radius 1 is 0.755 bits per heavy atom. The zero-order valence-electron chi connectivity index (χ0n) is 26.9. The van der Waals surface area contributed by atoms with E-state index >= 15 is 0 Å². The SMILES string of the molecule is N=C(N)c1ccc(CNC(=O)[C@H](CCC(=O)OCc2ccccc2)NC(=O)C(CCc2ccncc2)NS(=O)(=O)Cc2ccccc2)cc1. The summed E-state index contributed by atoms with van der Waals surface area (Å²) < 4.78 is 34.3. The van der Waals surface area contributed by atoms with Gasteiger partial charge in [-0.1, -0.05) is 84.9 Å². The minimum Gasteiger partial charge on any atom is -0.461 e. The number of ether oxygens (including phenoxy) is 1. The molecule has 3 aromatic carbocycles. The van der Waals surface area contributed by atoms with E-state index in [4.69, 9.17) is 15.9 Å². The molecule has 0 aliphatic heterocycles. The maximum atomic E-state index is 13.8. The van der Waals surface area contributed by atoms with Crippen LogP contribution in [0.2, 0.25) is 0 Å². The number of sulfonamides is 1. The van der Waals surface area contributed by atoms with Gasteiger partial charge in [0.15, 0.2) is 0 Å². The van der Waals surface area contributed by atoms with Crippen LogP contribution in [0.25, 0.3) is 0 Å². The van der Waals surface area contributed by atoms with Crippen molar-refractivity contribution >= 4 is 33.6 Å². The first kappa shape index (κ1) is 36.4. The summed E-state index contributed by atoms with van der Waals surface area (Å²) in [5, 5.41) is 13.0. The van der Waals surface area contributed by atoms with Crippen LogP contribution in [0.5, 0.6) is 0 Å². The molecule has 0 spiro atoms. The standard InChI is InChI=1S/C36H40N6O6S/c37-34(38)30-14-11-27(12-15-30)23-40-35(44)31(17-18-33(43)48-24-28-7-3-1-4-8-28)41-36(45)32(16-13-26-19-21-39-22-20-26)42-49(46,47)25-29-9-5-2-6-10-29/h1-12,14-15,19-22,31-32,42H,13,16-18,23-25H2,(H3,37,38)(H,40,44)(H,41,45)/t31-,32?/m0/s1. The quantitative estimate of drug-likeness (QED) is 0.0599. The summed E-state index contributed by atoms with van der Waals surface area (Å²) in [6.45, 7) is 0.149. The Hall–Kier alpha value is -5.40. The predicted octanol–water partition coefficient (Wildman–Crippen LogP) is 3.11. The van der Waals surface area contributed by atoms with E-state index in [0.29, 0.717) is 17.5 Å². The lowest BCUT2D eigenvalue weighted by molar-refractivity contribution is -0.145. The molecule has 13 heteroatoms. The summed E-state index contributed by atoms with van der Waals surface area (Å²) in [5.74, 6) is -2.27. The van der Waals surface area contributed by atoms with E-state index in [1.54, 1.807) is 79.1 Å². The summed E-state index contributed by atoms with van der Waals surface area (Å²) >= 11 is 0. The Labute approximate surface area is 286 Å². The fourth-order valence-corrected chi connectivity index (χ4v) is 6.26. The molecule has 256 valence electrons. The molecular formula is C36H40N6O6S. The van der Waals surface area contributed by atoms with Gasteiger partial charge in [-0.15, -0.1) is 0 Å². The smallest absolute Gasteiger partial charge is 0.306 e. The molecular weight excluding hydrogens is 644 g/mol. The molecule has 1 unspecified atom stereocenters. The minimum atomic E-state index is -3.98. The fourth-order valence-electron chi connectivity index (χ4n) is 4.88. The molecule has 2 amide bonds. The van der Waals surface area contributed by atoms with Crippen molar-refractivity contribution in [1.82, 2.24) is 20.3 Å². The molecule has 2 atom stereocenters. The van der Waals surface area contributed by atoms with Gasteiger partial charge in [0.05, 0.1) is 5.75 Å². The van der Waals surface area contributed by atoms with Crippen LogP contribution in [0.1, 0.15) is 47.1 Å².